The molecular weight excluding hydrogens is 254 g/mol. The fourth-order valence-electron chi connectivity index (χ4n) is 1.90. The van der Waals surface area contributed by atoms with Gasteiger partial charge < -0.3 is 16.0 Å². The monoisotopic (exact) mass is 278 g/mol. The summed E-state index contributed by atoms with van der Waals surface area (Å²) in [6.07, 6.45) is 1.02. The van der Waals surface area contributed by atoms with Crippen LogP contribution in [0.25, 0.3) is 0 Å². The Bertz CT molecular complexity index is 460. The number of hydrogen-bond acceptors (Lipinski definition) is 2. The van der Waals surface area contributed by atoms with Crippen molar-refractivity contribution in [3.63, 3.8) is 0 Å². The normalized spacial score (nSPS) is 11.8. The zero-order valence-corrected chi connectivity index (χ0v) is 12.4. The van der Waals surface area contributed by atoms with Crippen LogP contribution in [0.15, 0.2) is 24.3 Å². The van der Waals surface area contributed by atoms with Crippen LogP contribution in [0.3, 0.4) is 0 Å². The van der Waals surface area contributed by atoms with Gasteiger partial charge in [0, 0.05) is 12.7 Å². The second kappa shape index (κ2) is 8.32. The van der Waals surface area contributed by atoms with Crippen LogP contribution in [0.4, 0.5) is 5.69 Å². The van der Waals surface area contributed by atoms with Gasteiger partial charge >= 0.3 is 0 Å². The first-order valence-electron chi connectivity index (χ1n) is 6.99. The van der Waals surface area contributed by atoms with E-state index in [1.807, 2.05) is 24.3 Å². The maximum Gasteiger partial charge on any atom is 0.279 e. The van der Waals surface area contributed by atoms with Crippen molar-refractivity contribution in [1.82, 2.24) is 5.32 Å². The van der Waals surface area contributed by atoms with Gasteiger partial charge in [0.25, 0.3) is 11.8 Å². The zero-order chi connectivity index (χ0) is 15.0. The smallest absolute Gasteiger partial charge is 0.279 e. The number of quaternary nitrogens is 1. The standard InChI is InChI=1S/C15H23N3O2/c1-4-11(2)12-7-5-6-8-13(12)18-15(20)10-17-9-14(19)16-3/h5-8,11,17H,4,9-10H2,1-3H3,(H,16,19)(H,18,20)/p+1/t11-/m0/s1. The Morgan fingerprint density at radius 1 is 1.20 bits per heavy atom. The van der Waals surface area contributed by atoms with Gasteiger partial charge in [-0.05, 0) is 24.0 Å². The number of nitrogens with two attached hydrogens (primary N) is 1. The molecule has 0 saturated carbocycles. The molecule has 5 heteroatoms. The average Bonchev–Trinajstić information content (AvgIpc) is 2.46. The summed E-state index contributed by atoms with van der Waals surface area (Å²) in [5.41, 5.74) is 2.01. The van der Waals surface area contributed by atoms with Crippen molar-refractivity contribution in [3.8, 4) is 0 Å². The Hall–Kier alpha value is -1.88. The van der Waals surface area contributed by atoms with Crippen molar-refractivity contribution in [2.45, 2.75) is 26.2 Å². The lowest BCUT2D eigenvalue weighted by Gasteiger charge is -2.15. The van der Waals surface area contributed by atoms with E-state index in [0.717, 1.165) is 17.7 Å². The third-order valence-corrected chi connectivity index (χ3v) is 3.32. The number of anilines is 1. The van der Waals surface area contributed by atoms with Gasteiger partial charge in [-0.3, -0.25) is 9.59 Å². The van der Waals surface area contributed by atoms with Gasteiger partial charge in [0.15, 0.2) is 13.1 Å². The summed E-state index contributed by atoms with van der Waals surface area (Å²) >= 11 is 0. The third-order valence-electron chi connectivity index (χ3n) is 3.32. The summed E-state index contributed by atoms with van der Waals surface area (Å²) in [5.74, 6) is 0.226. The first kappa shape index (κ1) is 16.2. The minimum absolute atomic E-state index is 0.0854. The van der Waals surface area contributed by atoms with E-state index < -0.39 is 0 Å². The summed E-state index contributed by atoms with van der Waals surface area (Å²) in [5, 5.41) is 7.11. The Kier molecular flexibility index (Phi) is 6.73. The average molecular weight is 278 g/mol. The summed E-state index contributed by atoms with van der Waals surface area (Å²) in [6, 6.07) is 7.85. The van der Waals surface area contributed by atoms with Gasteiger partial charge in [-0.25, -0.2) is 0 Å². The SMILES string of the molecule is CC[C@H](C)c1ccccc1NC(=O)C[NH2+]CC(=O)NC. The van der Waals surface area contributed by atoms with Gasteiger partial charge in [0.1, 0.15) is 0 Å². The largest absolute Gasteiger partial charge is 0.354 e. The van der Waals surface area contributed by atoms with Crippen molar-refractivity contribution in [1.29, 1.82) is 0 Å². The van der Waals surface area contributed by atoms with E-state index >= 15 is 0 Å². The van der Waals surface area contributed by atoms with E-state index in [-0.39, 0.29) is 24.9 Å². The molecule has 0 radical (unpaired) electrons. The number of amides is 2. The lowest BCUT2D eigenvalue weighted by Crippen LogP contribution is -2.88. The van der Waals surface area contributed by atoms with Crippen LogP contribution in [0, 0.1) is 0 Å². The highest BCUT2D eigenvalue weighted by Gasteiger charge is 2.12. The fraction of sp³-hybridized carbons (Fsp3) is 0.467. The molecule has 1 aromatic carbocycles. The number of para-hydroxylation sites is 1. The summed E-state index contributed by atoms with van der Waals surface area (Å²) < 4.78 is 0. The summed E-state index contributed by atoms with van der Waals surface area (Å²) in [6.45, 7) is 4.77. The first-order valence-corrected chi connectivity index (χ1v) is 6.99. The number of hydrogen-bond donors (Lipinski definition) is 3. The highest BCUT2D eigenvalue weighted by Crippen LogP contribution is 2.26. The van der Waals surface area contributed by atoms with Gasteiger partial charge in [-0.15, -0.1) is 0 Å². The number of nitrogens with one attached hydrogen (secondary N) is 2. The molecular formula is C15H24N3O2+. The highest BCUT2D eigenvalue weighted by atomic mass is 16.2. The molecule has 1 aromatic rings. The van der Waals surface area contributed by atoms with Crippen molar-refractivity contribution in [2.24, 2.45) is 0 Å². The molecule has 0 heterocycles. The van der Waals surface area contributed by atoms with Gasteiger partial charge in [0.2, 0.25) is 0 Å². The predicted molar refractivity (Wildman–Crippen MR) is 79.5 cm³/mol. The molecule has 20 heavy (non-hydrogen) atoms. The molecule has 4 N–H and O–H groups in total. The van der Waals surface area contributed by atoms with Crippen LogP contribution in [0.2, 0.25) is 0 Å². The predicted octanol–water partition coefficient (Wildman–Crippen LogP) is 0.448. The van der Waals surface area contributed by atoms with E-state index in [9.17, 15) is 9.59 Å². The molecule has 0 aromatic heterocycles. The molecule has 2 amide bonds. The van der Waals surface area contributed by atoms with Gasteiger partial charge in [0.05, 0.1) is 0 Å². The number of carbonyl (C=O) groups is 2. The van der Waals surface area contributed by atoms with Crippen molar-refractivity contribution < 1.29 is 14.9 Å². The zero-order valence-electron chi connectivity index (χ0n) is 12.4. The van der Waals surface area contributed by atoms with Crippen molar-refractivity contribution in [2.75, 3.05) is 25.5 Å². The quantitative estimate of drug-likeness (QED) is 0.677. The summed E-state index contributed by atoms with van der Waals surface area (Å²) in [4.78, 5) is 22.9. The minimum Gasteiger partial charge on any atom is -0.354 e. The molecule has 0 fully saturated rings. The van der Waals surface area contributed by atoms with Crippen molar-refractivity contribution >= 4 is 17.5 Å². The molecule has 0 aliphatic carbocycles. The number of likely N-dealkylation sites (N-methyl/N-ethyl adjacent to an activating group) is 1. The van der Waals surface area contributed by atoms with Crippen LogP contribution < -0.4 is 16.0 Å². The number of rotatable bonds is 7. The molecule has 0 aliphatic rings. The molecule has 1 atom stereocenters. The number of carbonyl (C=O) groups excluding carboxylic acids is 2. The van der Waals surface area contributed by atoms with Crippen LogP contribution >= 0.6 is 0 Å². The molecule has 0 unspecified atom stereocenters. The van der Waals surface area contributed by atoms with E-state index in [1.54, 1.807) is 12.4 Å². The van der Waals surface area contributed by atoms with Gasteiger partial charge in [-0.1, -0.05) is 32.0 Å². The Morgan fingerprint density at radius 3 is 2.50 bits per heavy atom. The molecule has 0 spiro atoms. The fourth-order valence-corrected chi connectivity index (χ4v) is 1.90. The molecule has 0 aliphatic heterocycles. The molecule has 110 valence electrons. The molecule has 5 nitrogen and oxygen atoms in total. The van der Waals surface area contributed by atoms with E-state index in [4.69, 9.17) is 0 Å². The third kappa shape index (κ3) is 5.01. The molecule has 0 saturated heterocycles. The molecule has 1 rings (SSSR count). The van der Waals surface area contributed by atoms with E-state index in [2.05, 4.69) is 24.5 Å². The number of benzene rings is 1. The van der Waals surface area contributed by atoms with Crippen LogP contribution in [0.1, 0.15) is 31.7 Å². The maximum absolute atomic E-state index is 11.9. The minimum atomic E-state index is -0.0929. The maximum atomic E-state index is 11.9. The lowest BCUT2D eigenvalue weighted by atomic mass is 9.97. The van der Waals surface area contributed by atoms with E-state index in [0.29, 0.717) is 5.92 Å². The van der Waals surface area contributed by atoms with E-state index in [1.165, 1.54) is 0 Å². The van der Waals surface area contributed by atoms with Crippen LogP contribution in [0.5, 0.6) is 0 Å². The Balaban J connectivity index is 2.55. The highest BCUT2D eigenvalue weighted by molar-refractivity contribution is 5.92. The first-order chi connectivity index (χ1) is 9.58. The Morgan fingerprint density at radius 2 is 1.85 bits per heavy atom. The van der Waals surface area contributed by atoms with Gasteiger partial charge in [-0.2, -0.15) is 0 Å². The summed E-state index contributed by atoms with van der Waals surface area (Å²) in [7, 11) is 1.58. The van der Waals surface area contributed by atoms with Crippen molar-refractivity contribution in [3.05, 3.63) is 29.8 Å². The van der Waals surface area contributed by atoms with Crippen LogP contribution in [-0.4, -0.2) is 32.0 Å². The second-order valence-corrected chi connectivity index (χ2v) is 4.81. The molecule has 0 bridgehead atoms. The topological polar surface area (TPSA) is 74.8 Å². The second-order valence-electron chi connectivity index (χ2n) is 4.81. The Labute approximate surface area is 120 Å². The van der Waals surface area contributed by atoms with Crippen LogP contribution in [-0.2, 0) is 9.59 Å². The lowest BCUT2D eigenvalue weighted by molar-refractivity contribution is -0.632.